The average molecular weight is 510 g/mol. The fourth-order valence-corrected chi connectivity index (χ4v) is 4.66. The maximum atomic E-state index is 13.0. The Morgan fingerprint density at radius 3 is 2.31 bits per heavy atom. The standard InChI is InChI=1S/C20H20Cl2F3N3O3S/c1-32(30,31)28(18-12-15(21)5-6-17(18)22)13-19(29)27-9-7-26(8-10-27)16-4-2-3-14(11-16)20(23,24)25/h2-6,11-12H,7-10,13H2,1H3. The number of alkyl halides is 3. The molecule has 2 aromatic carbocycles. The van der Waals surface area contributed by atoms with E-state index in [2.05, 4.69) is 0 Å². The quantitative estimate of drug-likeness (QED) is 0.607. The molecule has 1 heterocycles. The van der Waals surface area contributed by atoms with Crippen LogP contribution in [-0.4, -0.2) is 58.2 Å². The minimum Gasteiger partial charge on any atom is -0.368 e. The molecule has 0 radical (unpaired) electrons. The molecular weight excluding hydrogens is 490 g/mol. The Hall–Kier alpha value is -2.17. The fraction of sp³-hybridized carbons (Fsp3) is 0.350. The topological polar surface area (TPSA) is 60.9 Å². The number of halogens is 5. The molecule has 6 nitrogen and oxygen atoms in total. The lowest BCUT2D eigenvalue weighted by molar-refractivity contribution is -0.137. The second-order valence-electron chi connectivity index (χ2n) is 7.28. The summed E-state index contributed by atoms with van der Waals surface area (Å²) >= 11 is 12.1. The van der Waals surface area contributed by atoms with Crippen molar-refractivity contribution in [2.45, 2.75) is 6.18 Å². The second kappa shape index (κ2) is 9.36. The Balaban J connectivity index is 1.70. The van der Waals surface area contributed by atoms with Crippen molar-refractivity contribution in [2.75, 3.05) is 48.2 Å². The zero-order chi connectivity index (χ0) is 23.7. The normalized spacial score (nSPS) is 15.1. The van der Waals surface area contributed by atoms with Gasteiger partial charge in [0.2, 0.25) is 15.9 Å². The summed E-state index contributed by atoms with van der Waals surface area (Å²) in [5.41, 5.74) is -0.233. The first-order valence-corrected chi connectivity index (χ1v) is 12.1. The Kier molecular flexibility index (Phi) is 7.16. The number of rotatable bonds is 5. The van der Waals surface area contributed by atoms with E-state index in [4.69, 9.17) is 23.2 Å². The molecule has 1 aliphatic heterocycles. The molecule has 174 valence electrons. The maximum absolute atomic E-state index is 13.0. The second-order valence-corrected chi connectivity index (χ2v) is 10.0. The van der Waals surface area contributed by atoms with Crippen molar-refractivity contribution in [2.24, 2.45) is 0 Å². The molecule has 0 atom stereocenters. The van der Waals surface area contributed by atoms with E-state index in [1.54, 1.807) is 11.0 Å². The molecule has 0 spiro atoms. The van der Waals surface area contributed by atoms with E-state index in [0.717, 1.165) is 22.7 Å². The maximum Gasteiger partial charge on any atom is 0.416 e. The van der Waals surface area contributed by atoms with E-state index >= 15 is 0 Å². The monoisotopic (exact) mass is 509 g/mol. The largest absolute Gasteiger partial charge is 0.416 e. The molecule has 0 aromatic heterocycles. The highest BCUT2D eigenvalue weighted by Crippen LogP contribution is 2.32. The predicted octanol–water partition coefficient (Wildman–Crippen LogP) is 4.13. The molecule has 0 unspecified atom stereocenters. The van der Waals surface area contributed by atoms with E-state index in [1.165, 1.54) is 29.2 Å². The number of nitrogens with zero attached hydrogens (tertiary/aromatic N) is 3. The van der Waals surface area contributed by atoms with Crippen molar-refractivity contribution in [3.63, 3.8) is 0 Å². The summed E-state index contributed by atoms with van der Waals surface area (Å²) in [6.45, 7) is 0.613. The van der Waals surface area contributed by atoms with Crippen LogP contribution in [0.4, 0.5) is 24.5 Å². The molecule has 1 amide bonds. The van der Waals surface area contributed by atoms with E-state index in [9.17, 15) is 26.4 Å². The number of hydrogen-bond acceptors (Lipinski definition) is 4. The van der Waals surface area contributed by atoms with Crippen LogP contribution >= 0.6 is 23.2 Å². The van der Waals surface area contributed by atoms with Crippen LogP contribution < -0.4 is 9.21 Å². The third-order valence-electron chi connectivity index (χ3n) is 5.03. The Labute approximate surface area is 194 Å². The molecule has 0 bridgehead atoms. The van der Waals surface area contributed by atoms with Crippen LogP contribution in [-0.2, 0) is 21.0 Å². The van der Waals surface area contributed by atoms with Gasteiger partial charge in [0.15, 0.2) is 0 Å². The number of hydrogen-bond donors (Lipinski definition) is 0. The molecule has 0 saturated carbocycles. The number of sulfonamides is 1. The summed E-state index contributed by atoms with van der Waals surface area (Å²) in [6, 6.07) is 9.31. The number of benzene rings is 2. The van der Waals surface area contributed by atoms with Gasteiger partial charge in [-0.25, -0.2) is 8.42 Å². The van der Waals surface area contributed by atoms with Crippen LogP contribution in [0.15, 0.2) is 42.5 Å². The van der Waals surface area contributed by atoms with E-state index in [-0.39, 0.29) is 28.8 Å². The lowest BCUT2D eigenvalue weighted by Crippen LogP contribution is -2.52. The minimum atomic E-state index is -4.44. The van der Waals surface area contributed by atoms with Gasteiger partial charge in [0.05, 0.1) is 22.5 Å². The van der Waals surface area contributed by atoms with Crippen LogP contribution in [0.1, 0.15) is 5.56 Å². The SMILES string of the molecule is CS(=O)(=O)N(CC(=O)N1CCN(c2cccc(C(F)(F)F)c2)CC1)c1cc(Cl)ccc1Cl. The van der Waals surface area contributed by atoms with Crippen LogP contribution in [0, 0.1) is 0 Å². The average Bonchev–Trinajstić information content (AvgIpc) is 2.72. The minimum absolute atomic E-state index is 0.0950. The molecule has 1 fully saturated rings. The molecule has 1 saturated heterocycles. The van der Waals surface area contributed by atoms with Crippen molar-refractivity contribution in [3.8, 4) is 0 Å². The van der Waals surface area contributed by atoms with Gasteiger partial charge in [-0.15, -0.1) is 0 Å². The predicted molar refractivity (Wildman–Crippen MR) is 119 cm³/mol. The van der Waals surface area contributed by atoms with Crippen molar-refractivity contribution < 1.29 is 26.4 Å². The summed E-state index contributed by atoms with van der Waals surface area (Å²) in [4.78, 5) is 16.1. The van der Waals surface area contributed by atoms with Gasteiger partial charge in [0, 0.05) is 36.9 Å². The van der Waals surface area contributed by atoms with Gasteiger partial charge in [0.25, 0.3) is 0 Å². The van der Waals surface area contributed by atoms with E-state index in [0.29, 0.717) is 18.8 Å². The lowest BCUT2D eigenvalue weighted by atomic mass is 10.1. The Morgan fingerprint density at radius 2 is 1.72 bits per heavy atom. The summed E-state index contributed by atoms with van der Waals surface area (Å²) in [5.74, 6) is -0.449. The highest BCUT2D eigenvalue weighted by Gasteiger charge is 2.32. The third-order valence-corrected chi connectivity index (χ3v) is 6.71. The van der Waals surface area contributed by atoms with E-state index < -0.39 is 34.2 Å². The number of carbonyl (C=O) groups is 1. The molecule has 0 aliphatic carbocycles. The molecule has 12 heteroatoms. The van der Waals surface area contributed by atoms with Crippen molar-refractivity contribution in [1.82, 2.24) is 4.90 Å². The van der Waals surface area contributed by atoms with Crippen molar-refractivity contribution in [3.05, 3.63) is 58.1 Å². The number of piperazine rings is 1. The summed E-state index contributed by atoms with van der Waals surface area (Å²) in [6.07, 6.45) is -3.48. The van der Waals surface area contributed by atoms with Crippen molar-refractivity contribution in [1.29, 1.82) is 0 Å². The number of amides is 1. The molecule has 0 N–H and O–H groups in total. The highest BCUT2D eigenvalue weighted by molar-refractivity contribution is 7.92. The first-order valence-electron chi connectivity index (χ1n) is 9.49. The van der Waals surface area contributed by atoms with Gasteiger partial charge >= 0.3 is 6.18 Å². The first kappa shape index (κ1) is 24.5. The van der Waals surface area contributed by atoms with Crippen molar-refractivity contribution >= 4 is 50.5 Å². The lowest BCUT2D eigenvalue weighted by Gasteiger charge is -2.37. The molecule has 1 aliphatic rings. The summed E-state index contributed by atoms with van der Waals surface area (Å²) in [7, 11) is -3.84. The first-order chi connectivity index (χ1) is 14.9. The molecular formula is C20H20Cl2F3N3O3S. The van der Waals surface area contributed by atoms with Crippen LogP contribution in [0.2, 0.25) is 10.0 Å². The van der Waals surface area contributed by atoms with Gasteiger partial charge < -0.3 is 9.80 Å². The molecule has 3 rings (SSSR count). The third kappa shape index (κ3) is 5.79. The number of carbonyl (C=O) groups excluding carboxylic acids is 1. The zero-order valence-electron chi connectivity index (χ0n) is 16.9. The van der Waals surface area contributed by atoms with Gasteiger partial charge in [-0.05, 0) is 36.4 Å². The molecule has 32 heavy (non-hydrogen) atoms. The van der Waals surface area contributed by atoms with Crippen LogP contribution in [0.25, 0.3) is 0 Å². The van der Waals surface area contributed by atoms with Crippen LogP contribution in [0.3, 0.4) is 0 Å². The molecule has 2 aromatic rings. The van der Waals surface area contributed by atoms with Gasteiger partial charge in [0.1, 0.15) is 6.54 Å². The fourth-order valence-electron chi connectivity index (χ4n) is 3.37. The Bertz CT molecular complexity index is 1100. The van der Waals surface area contributed by atoms with Gasteiger partial charge in [-0.1, -0.05) is 29.3 Å². The van der Waals surface area contributed by atoms with Crippen LogP contribution in [0.5, 0.6) is 0 Å². The van der Waals surface area contributed by atoms with E-state index in [1.807, 2.05) is 0 Å². The summed E-state index contributed by atoms with van der Waals surface area (Å²) in [5, 5.41) is 0.391. The van der Waals surface area contributed by atoms with Gasteiger partial charge in [-0.2, -0.15) is 13.2 Å². The van der Waals surface area contributed by atoms with Gasteiger partial charge in [-0.3, -0.25) is 9.10 Å². The number of anilines is 2. The summed E-state index contributed by atoms with van der Waals surface area (Å²) < 4.78 is 64.4. The zero-order valence-corrected chi connectivity index (χ0v) is 19.3. The highest BCUT2D eigenvalue weighted by atomic mass is 35.5. The smallest absolute Gasteiger partial charge is 0.368 e. The Morgan fingerprint density at radius 1 is 1.06 bits per heavy atom.